The van der Waals surface area contributed by atoms with E-state index in [0.717, 1.165) is 22.9 Å². The molecule has 1 atom stereocenters. The van der Waals surface area contributed by atoms with E-state index in [1.54, 1.807) is 18.2 Å². The van der Waals surface area contributed by atoms with Crippen molar-refractivity contribution in [2.24, 2.45) is 0 Å². The first-order valence-electron chi connectivity index (χ1n) is 6.24. The maximum Gasteiger partial charge on any atom is 0.321 e. The SMILES string of the molecule is CC(=O)SC(C(=O)O)c1ccc(-c2ccccc2Cl)cc1. The summed E-state index contributed by atoms with van der Waals surface area (Å²) < 4.78 is 0. The first-order valence-corrected chi connectivity index (χ1v) is 7.49. The molecular formula is C16H13ClO3S. The highest BCUT2D eigenvalue weighted by molar-refractivity contribution is 8.14. The summed E-state index contributed by atoms with van der Waals surface area (Å²) in [5, 5.41) is 8.74. The third-order valence-corrected chi connectivity index (χ3v) is 4.28. The molecule has 0 radical (unpaired) electrons. The molecule has 0 aliphatic heterocycles. The molecule has 0 aliphatic carbocycles. The van der Waals surface area contributed by atoms with Crippen LogP contribution in [-0.2, 0) is 9.59 Å². The van der Waals surface area contributed by atoms with E-state index < -0.39 is 11.2 Å². The van der Waals surface area contributed by atoms with Gasteiger partial charge in [0.1, 0.15) is 5.25 Å². The van der Waals surface area contributed by atoms with Gasteiger partial charge in [-0.2, -0.15) is 0 Å². The average Bonchev–Trinajstić information content (AvgIpc) is 2.45. The van der Waals surface area contributed by atoms with Gasteiger partial charge >= 0.3 is 5.97 Å². The monoisotopic (exact) mass is 320 g/mol. The molecule has 0 aliphatic rings. The van der Waals surface area contributed by atoms with Crippen LogP contribution >= 0.6 is 23.4 Å². The van der Waals surface area contributed by atoms with Crippen LogP contribution in [0.1, 0.15) is 17.7 Å². The highest BCUT2D eigenvalue weighted by atomic mass is 35.5. The van der Waals surface area contributed by atoms with Crippen LogP contribution in [0.5, 0.6) is 0 Å². The lowest BCUT2D eigenvalue weighted by atomic mass is 10.0. The number of hydrogen-bond acceptors (Lipinski definition) is 3. The van der Waals surface area contributed by atoms with Crippen molar-refractivity contribution in [3.63, 3.8) is 0 Å². The van der Waals surface area contributed by atoms with Gasteiger partial charge in [0.2, 0.25) is 0 Å². The van der Waals surface area contributed by atoms with Gasteiger partial charge in [-0.3, -0.25) is 9.59 Å². The molecule has 0 aromatic heterocycles. The van der Waals surface area contributed by atoms with E-state index in [4.69, 9.17) is 11.6 Å². The third kappa shape index (κ3) is 3.86. The van der Waals surface area contributed by atoms with Crippen molar-refractivity contribution < 1.29 is 14.7 Å². The zero-order valence-electron chi connectivity index (χ0n) is 11.2. The Morgan fingerprint density at radius 2 is 1.71 bits per heavy atom. The van der Waals surface area contributed by atoms with Crippen LogP contribution < -0.4 is 0 Å². The molecule has 0 heterocycles. The maximum atomic E-state index is 11.3. The molecule has 0 saturated heterocycles. The number of halogens is 1. The third-order valence-electron chi connectivity index (χ3n) is 2.91. The number of rotatable bonds is 4. The van der Waals surface area contributed by atoms with E-state index in [-0.39, 0.29) is 5.12 Å². The van der Waals surface area contributed by atoms with Gasteiger partial charge in [0.15, 0.2) is 5.12 Å². The Labute approximate surface area is 131 Å². The van der Waals surface area contributed by atoms with E-state index in [0.29, 0.717) is 10.6 Å². The topological polar surface area (TPSA) is 54.4 Å². The molecule has 108 valence electrons. The summed E-state index contributed by atoms with van der Waals surface area (Å²) in [6.07, 6.45) is 0. The minimum atomic E-state index is -1.03. The largest absolute Gasteiger partial charge is 0.480 e. The Kier molecular flexibility index (Phi) is 5.04. The van der Waals surface area contributed by atoms with Gasteiger partial charge in [-0.1, -0.05) is 65.8 Å². The molecular weight excluding hydrogens is 308 g/mol. The Balaban J connectivity index is 2.32. The molecule has 0 bridgehead atoms. The number of carbonyl (C=O) groups excluding carboxylic acids is 1. The summed E-state index contributed by atoms with van der Waals surface area (Å²) in [6.45, 7) is 1.36. The fraction of sp³-hybridized carbons (Fsp3) is 0.125. The van der Waals surface area contributed by atoms with Crippen LogP contribution in [0.15, 0.2) is 48.5 Å². The minimum absolute atomic E-state index is 0.224. The zero-order valence-corrected chi connectivity index (χ0v) is 12.8. The summed E-state index contributed by atoms with van der Waals surface area (Å²) >= 11 is 6.94. The van der Waals surface area contributed by atoms with Crippen molar-refractivity contribution in [3.8, 4) is 11.1 Å². The van der Waals surface area contributed by atoms with Crippen LogP contribution in [0.2, 0.25) is 5.02 Å². The van der Waals surface area contributed by atoms with Crippen molar-refractivity contribution in [3.05, 3.63) is 59.1 Å². The molecule has 2 aromatic rings. The molecule has 0 spiro atoms. The van der Waals surface area contributed by atoms with Gasteiger partial charge in [0.25, 0.3) is 0 Å². The van der Waals surface area contributed by atoms with Crippen LogP contribution in [0.25, 0.3) is 11.1 Å². The van der Waals surface area contributed by atoms with Crippen molar-refractivity contribution in [1.82, 2.24) is 0 Å². The fourth-order valence-electron chi connectivity index (χ4n) is 1.96. The molecule has 1 N–H and O–H groups in total. The molecule has 0 fully saturated rings. The number of carboxylic acids is 1. The first kappa shape index (κ1) is 15.6. The van der Waals surface area contributed by atoms with Crippen molar-refractivity contribution in [2.75, 3.05) is 0 Å². The summed E-state index contributed by atoms with van der Waals surface area (Å²) in [4.78, 5) is 22.4. The summed E-state index contributed by atoms with van der Waals surface area (Å²) in [5.41, 5.74) is 2.37. The molecule has 5 heteroatoms. The van der Waals surface area contributed by atoms with Crippen molar-refractivity contribution in [1.29, 1.82) is 0 Å². The Hall–Kier alpha value is -1.78. The first-order chi connectivity index (χ1) is 9.99. The van der Waals surface area contributed by atoms with Gasteiger partial charge < -0.3 is 5.11 Å². The smallest absolute Gasteiger partial charge is 0.321 e. The Bertz CT molecular complexity index is 667. The highest BCUT2D eigenvalue weighted by Gasteiger charge is 2.22. The summed E-state index contributed by atoms with van der Waals surface area (Å²) in [6, 6.07) is 14.5. The molecule has 2 aromatic carbocycles. The second-order valence-corrected chi connectivity index (χ2v) is 6.12. The maximum absolute atomic E-state index is 11.3. The normalized spacial score (nSPS) is 11.9. The molecule has 21 heavy (non-hydrogen) atoms. The lowest BCUT2D eigenvalue weighted by molar-refractivity contribution is -0.136. The molecule has 3 nitrogen and oxygen atoms in total. The Morgan fingerprint density at radius 1 is 1.10 bits per heavy atom. The van der Waals surface area contributed by atoms with Gasteiger partial charge in [-0.15, -0.1) is 0 Å². The van der Waals surface area contributed by atoms with E-state index in [2.05, 4.69) is 0 Å². The predicted molar refractivity (Wildman–Crippen MR) is 85.5 cm³/mol. The number of aliphatic carboxylic acids is 1. The van der Waals surface area contributed by atoms with E-state index in [1.165, 1.54) is 6.92 Å². The lowest BCUT2D eigenvalue weighted by Crippen LogP contribution is -2.09. The van der Waals surface area contributed by atoms with Crippen LogP contribution in [0, 0.1) is 0 Å². The molecule has 1 unspecified atom stereocenters. The number of benzene rings is 2. The fourth-order valence-corrected chi connectivity index (χ4v) is 2.93. The second-order valence-electron chi connectivity index (χ2n) is 4.43. The lowest BCUT2D eigenvalue weighted by Gasteiger charge is -2.11. The Morgan fingerprint density at radius 3 is 2.24 bits per heavy atom. The molecule has 0 saturated carbocycles. The van der Waals surface area contributed by atoms with Crippen molar-refractivity contribution >= 4 is 34.4 Å². The second kappa shape index (κ2) is 6.78. The zero-order chi connectivity index (χ0) is 15.4. The number of hydrogen-bond donors (Lipinski definition) is 1. The van der Waals surface area contributed by atoms with Gasteiger partial charge in [0.05, 0.1) is 0 Å². The van der Waals surface area contributed by atoms with E-state index >= 15 is 0 Å². The van der Waals surface area contributed by atoms with Crippen molar-refractivity contribution in [2.45, 2.75) is 12.2 Å². The van der Waals surface area contributed by atoms with Gasteiger partial charge in [-0.05, 0) is 17.2 Å². The quantitative estimate of drug-likeness (QED) is 0.906. The standard InChI is InChI=1S/C16H13ClO3S/c1-10(18)21-15(16(19)20)12-8-6-11(7-9-12)13-4-2-3-5-14(13)17/h2-9,15H,1H3,(H,19,20). The van der Waals surface area contributed by atoms with E-state index in [1.807, 2.05) is 30.3 Å². The van der Waals surface area contributed by atoms with Crippen LogP contribution in [0.4, 0.5) is 0 Å². The number of carboxylic acid groups (broad SMARTS) is 1. The average molecular weight is 321 g/mol. The van der Waals surface area contributed by atoms with Crippen LogP contribution in [-0.4, -0.2) is 16.2 Å². The summed E-state index contributed by atoms with van der Waals surface area (Å²) in [5.74, 6) is -1.03. The molecule has 0 amide bonds. The van der Waals surface area contributed by atoms with E-state index in [9.17, 15) is 14.7 Å². The minimum Gasteiger partial charge on any atom is -0.480 e. The molecule has 2 rings (SSSR count). The summed E-state index contributed by atoms with van der Waals surface area (Å²) in [7, 11) is 0. The van der Waals surface area contributed by atoms with Gasteiger partial charge in [0, 0.05) is 17.5 Å². The number of thioether (sulfide) groups is 1. The van der Waals surface area contributed by atoms with Gasteiger partial charge in [-0.25, -0.2) is 0 Å². The number of carbonyl (C=O) groups is 2. The van der Waals surface area contributed by atoms with Crippen LogP contribution in [0.3, 0.4) is 0 Å². The predicted octanol–water partition coefficient (Wildman–Crippen LogP) is 4.41. The highest BCUT2D eigenvalue weighted by Crippen LogP contribution is 2.33.